The Bertz CT molecular complexity index is 334. The molecule has 0 fully saturated rings. The number of aromatic carboxylic acids is 1. The van der Waals surface area contributed by atoms with E-state index in [0.717, 1.165) is 23.6 Å². The van der Waals surface area contributed by atoms with Crippen LogP contribution in [0, 0.1) is 0 Å². The van der Waals surface area contributed by atoms with Crippen molar-refractivity contribution in [3.63, 3.8) is 0 Å². The lowest BCUT2D eigenvalue weighted by molar-refractivity contribution is -0.100. The van der Waals surface area contributed by atoms with Gasteiger partial charge in [0.05, 0.1) is 5.56 Å². The van der Waals surface area contributed by atoms with Gasteiger partial charge in [0.15, 0.2) is 0 Å². The van der Waals surface area contributed by atoms with Gasteiger partial charge in [-0.15, -0.1) is 0 Å². The fraction of sp³-hybridized carbons (Fsp3) is 0.143. The molecule has 0 spiro atoms. The molecule has 0 radical (unpaired) electrons. The van der Waals surface area contributed by atoms with Crippen molar-refractivity contribution in [1.29, 1.82) is 0 Å². The van der Waals surface area contributed by atoms with Crippen molar-refractivity contribution in [3.8, 4) is 0 Å². The van der Waals surface area contributed by atoms with Crippen LogP contribution in [0.1, 0.15) is 10.4 Å². The summed E-state index contributed by atoms with van der Waals surface area (Å²) in [6.45, 7) is 0. The van der Waals surface area contributed by atoms with Gasteiger partial charge in [0.2, 0.25) is 0 Å². The molecule has 0 amide bonds. The summed E-state index contributed by atoms with van der Waals surface area (Å²) >= 11 is 0. The van der Waals surface area contributed by atoms with Crippen molar-refractivity contribution in [2.45, 2.75) is 6.30 Å². The number of rotatable bonds is 2. The standard InChI is InChI=1S/C7H5F3N2O2/c8-7(9,10)12-5-2-1-4(3-11-5)6(13)14/h1-3H,(H,11,12)(H,13,14). The summed E-state index contributed by atoms with van der Waals surface area (Å²) in [6.07, 6.45) is -3.73. The molecular formula is C7H5F3N2O2. The fourth-order valence-electron chi connectivity index (χ4n) is 0.740. The summed E-state index contributed by atoms with van der Waals surface area (Å²) in [7, 11) is 0. The Morgan fingerprint density at radius 3 is 2.43 bits per heavy atom. The zero-order valence-corrected chi connectivity index (χ0v) is 6.67. The number of alkyl halides is 3. The lowest BCUT2D eigenvalue weighted by Crippen LogP contribution is -2.21. The van der Waals surface area contributed by atoms with Crippen molar-refractivity contribution in [2.24, 2.45) is 0 Å². The Balaban J connectivity index is 2.79. The highest BCUT2D eigenvalue weighted by Gasteiger charge is 2.27. The minimum Gasteiger partial charge on any atom is -0.478 e. The van der Waals surface area contributed by atoms with Gasteiger partial charge < -0.3 is 5.11 Å². The SMILES string of the molecule is O=C(O)c1ccc(NC(F)(F)F)nc1. The number of hydrogen-bond donors (Lipinski definition) is 2. The number of aromatic nitrogens is 1. The first-order chi connectivity index (χ1) is 6.38. The average Bonchev–Trinajstić information content (AvgIpc) is 2.02. The Morgan fingerprint density at radius 1 is 1.43 bits per heavy atom. The number of anilines is 1. The van der Waals surface area contributed by atoms with Crippen LogP contribution in [0.4, 0.5) is 19.0 Å². The number of pyridine rings is 1. The molecule has 0 atom stereocenters. The van der Waals surface area contributed by atoms with E-state index >= 15 is 0 Å². The van der Waals surface area contributed by atoms with Crippen LogP contribution in [0.2, 0.25) is 0 Å². The normalized spacial score (nSPS) is 11.1. The Kier molecular flexibility index (Phi) is 2.59. The maximum absolute atomic E-state index is 11.7. The Hall–Kier alpha value is -1.79. The minimum absolute atomic E-state index is 0.169. The van der Waals surface area contributed by atoms with E-state index in [1.165, 1.54) is 0 Å². The molecule has 0 aliphatic carbocycles. The second kappa shape index (κ2) is 3.52. The molecule has 0 saturated heterocycles. The van der Waals surface area contributed by atoms with Gasteiger partial charge in [-0.1, -0.05) is 0 Å². The second-order valence-corrected chi connectivity index (χ2v) is 2.36. The van der Waals surface area contributed by atoms with Gasteiger partial charge in [0.1, 0.15) is 5.82 Å². The van der Waals surface area contributed by atoms with E-state index in [1.807, 2.05) is 0 Å². The second-order valence-electron chi connectivity index (χ2n) is 2.36. The monoisotopic (exact) mass is 206 g/mol. The maximum atomic E-state index is 11.7. The summed E-state index contributed by atoms with van der Waals surface area (Å²) in [5, 5.41) is 9.57. The van der Waals surface area contributed by atoms with Gasteiger partial charge >= 0.3 is 12.3 Å². The van der Waals surface area contributed by atoms with Gasteiger partial charge in [0, 0.05) is 6.20 Å². The van der Waals surface area contributed by atoms with Crippen LogP contribution in [-0.4, -0.2) is 22.4 Å². The number of halogens is 3. The zero-order chi connectivity index (χ0) is 10.8. The lowest BCUT2D eigenvalue weighted by Gasteiger charge is -2.08. The van der Waals surface area contributed by atoms with Crippen molar-refractivity contribution >= 4 is 11.8 Å². The highest BCUT2D eigenvalue weighted by atomic mass is 19.4. The first-order valence-electron chi connectivity index (χ1n) is 3.43. The summed E-state index contributed by atoms with van der Waals surface area (Å²) in [4.78, 5) is 13.6. The van der Waals surface area contributed by atoms with Gasteiger partial charge in [-0.3, -0.25) is 5.32 Å². The number of nitrogens with zero attached hydrogens (tertiary/aromatic N) is 1. The van der Waals surface area contributed by atoms with Gasteiger partial charge in [-0.2, -0.15) is 13.2 Å². The molecule has 0 unspecified atom stereocenters. The molecule has 0 bridgehead atoms. The van der Waals surface area contributed by atoms with Crippen LogP contribution in [0.15, 0.2) is 18.3 Å². The summed E-state index contributed by atoms with van der Waals surface area (Å²) in [5.41, 5.74) is -0.169. The molecule has 1 heterocycles. The Labute approximate surface area is 76.4 Å². The van der Waals surface area contributed by atoms with E-state index in [4.69, 9.17) is 5.11 Å². The predicted molar refractivity (Wildman–Crippen MR) is 40.9 cm³/mol. The molecule has 0 aliphatic rings. The number of hydrogen-bond acceptors (Lipinski definition) is 3. The quantitative estimate of drug-likeness (QED) is 0.723. The van der Waals surface area contributed by atoms with Gasteiger partial charge in [0.25, 0.3) is 0 Å². The van der Waals surface area contributed by atoms with Gasteiger partial charge in [-0.05, 0) is 12.1 Å². The minimum atomic E-state index is -4.57. The molecule has 14 heavy (non-hydrogen) atoms. The largest absolute Gasteiger partial charge is 0.483 e. The molecular weight excluding hydrogens is 201 g/mol. The molecule has 0 aromatic carbocycles. The third-order valence-corrected chi connectivity index (χ3v) is 1.28. The van der Waals surface area contributed by atoms with Crippen LogP contribution in [0.3, 0.4) is 0 Å². The molecule has 2 N–H and O–H groups in total. The summed E-state index contributed by atoms with van der Waals surface area (Å²) < 4.78 is 35.2. The maximum Gasteiger partial charge on any atom is 0.483 e. The molecule has 4 nitrogen and oxygen atoms in total. The van der Waals surface area contributed by atoms with Crippen LogP contribution >= 0.6 is 0 Å². The summed E-state index contributed by atoms with van der Waals surface area (Å²) in [6, 6.07) is 1.97. The molecule has 76 valence electrons. The highest BCUT2D eigenvalue weighted by molar-refractivity contribution is 5.87. The topological polar surface area (TPSA) is 62.2 Å². The van der Waals surface area contributed by atoms with E-state index in [-0.39, 0.29) is 5.56 Å². The van der Waals surface area contributed by atoms with Crippen molar-refractivity contribution in [2.75, 3.05) is 5.32 Å². The first-order valence-corrected chi connectivity index (χ1v) is 3.43. The first kappa shape index (κ1) is 10.3. The van der Waals surface area contributed by atoms with Crippen LogP contribution < -0.4 is 5.32 Å². The molecule has 1 aromatic rings. The van der Waals surface area contributed by atoms with Crippen LogP contribution in [0.5, 0.6) is 0 Å². The van der Waals surface area contributed by atoms with E-state index < -0.39 is 18.1 Å². The molecule has 0 saturated carbocycles. The molecule has 1 rings (SSSR count). The number of carboxylic acids is 1. The van der Waals surface area contributed by atoms with Crippen molar-refractivity contribution < 1.29 is 23.1 Å². The van der Waals surface area contributed by atoms with Crippen LogP contribution in [-0.2, 0) is 0 Å². The molecule has 1 aromatic heterocycles. The zero-order valence-electron chi connectivity index (χ0n) is 6.67. The molecule has 7 heteroatoms. The van der Waals surface area contributed by atoms with E-state index in [2.05, 4.69) is 4.98 Å². The van der Waals surface area contributed by atoms with E-state index in [1.54, 1.807) is 0 Å². The average molecular weight is 206 g/mol. The number of carboxylic acid groups (broad SMARTS) is 1. The summed E-state index contributed by atoms with van der Waals surface area (Å²) in [5.74, 6) is -1.68. The fourth-order valence-corrected chi connectivity index (χ4v) is 0.740. The predicted octanol–water partition coefficient (Wildman–Crippen LogP) is 1.71. The van der Waals surface area contributed by atoms with E-state index in [9.17, 15) is 18.0 Å². The number of carbonyl (C=O) groups is 1. The number of nitrogens with one attached hydrogen (secondary N) is 1. The highest BCUT2D eigenvalue weighted by Crippen LogP contribution is 2.17. The Morgan fingerprint density at radius 2 is 2.07 bits per heavy atom. The third-order valence-electron chi connectivity index (χ3n) is 1.28. The van der Waals surface area contributed by atoms with Gasteiger partial charge in [-0.25, -0.2) is 9.78 Å². The smallest absolute Gasteiger partial charge is 0.478 e. The third kappa shape index (κ3) is 2.92. The van der Waals surface area contributed by atoms with Crippen molar-refractivity contribution in [1.82, 2.24) is 4.98 Å². The van der Waals surface area contributed by atoms with Crippen LogP contribution in [0.25, 0.3) is 0 Å². The lowest BCUT2D eigenvalue weighted by atomic mass is 10.3. The van der Waals surface area contributed by atoms with Crippen molar-refractivity contribution in [3.05, 3.63) is 23.9 Å². The molecule has 0 aliphatic heterocycles. The van der Waals surface area contributed by atoms with E-state index in [0.29, 0.717) is 0 Å².